The van der Waals surface area contributed by atoms with Gasteiger partial charge in [-0.15, -0.1) is 4.40 Å². The zero-order chi connectivity index (χ0) is 22.0. The summed E-state index contributed by atoms with van der Waals surface area (Å²) in [6, 6.07) is 16.7. The van der Waals surface area contributed by atoms with E-state index < -0.39 is 15.8 Å². The van der Waals surface area contributed by atoms with E-state index in [1.807, 2.05) is 24.3 Å². The van der Waals surface area contributed by atoms with Crippen molar-refractivity contribution in [2.45, 2.75) is 11.3 Å². The number of rotatable bonds is 5. The molecule has 0 fully saturated rings. The highest BCUT2D eigenvalue weighted by molar-refractivity contribution is 7.90. The first-order chi connectivity index (χ1) is 14.9. The summed E-state index contributed by atoms with van der Waals surface area (Å²) in [5, 5.41) is 5.97. The Balaban J connectivity index is 1.60. The molecule has 0 saturated heterocycles. The summed E-state index contributed by atoms with van der Waals surface area (Å²) in [6.07, 6.45) is 0.627. The van der Waals surface area contributed by atoms with Crippen LogP contribution in [-0.4, -0.2) is 28.0 Å². The largest absolute Gasteiger partial charge is 0.497 e. The van der Waals surface area contributed by atoms with Crippen LogP contribution in [0.1, 0.15) is 5.56 Å². The van der Waals surface area contributed by atoms with Gasteiger partial charge in [0.05, 0.1) is 17.8 Å². The van der Waals surface area contributed by atoms with Crippen LogP contribution in [-0.2, 0) is 16.4 Å². The molecular formula is C22H19ClFN3O3S. The molecule has 1 aliphatic heterocycles. The number of halogens is 2. The van der Waals surface area contributed by atoms with Crippen molar-refractivity contribution < 1.29 is 17.5 Å². The average molecular weight is 460 g/mol. The van der Waals surface area contributed by atoms with Crippen LogP contribution in [0.5, 0.6) is 5.75 Å². The topological polar surface area (TPSA) is 79.8 Å². The monoisotopic (exact) mass is 459 g/mol. The minimum Gasteiger partial charge on any atom is -0.497 e. The lowest BCUT2D eigenvalue weighted by atomic mass is 10.0. The predicted octanol–water partition coefficient (Wildman–Crippen LogP) is 4.46. The van der Waals surface area contributed by atoms with Gasteiger partial charge >= 0.3 is 0 Å². The van der Waals surface area contributed by atoms with E-state index in [9.17, 15) is 12.8 Å². The van der Waals surface area contributed by atoms with Gasteiger partial charge in [-0.1, -0.05) is 48.0 Å². The molecule has 6 nitrogen and oxygen atoms in total. The van der Waals surface area contributed by atoms with E-state index in [1.165, 1.54) is 18.2 Å². The van der Waals surface area contributed by atoms with Gasteiger partial charge in [-0.05, 0) is 36.2 Å². The fraction of sp³-hybridized carbons (Fsp3) is 0.136. The van der Waals surface area contributed by atoms with Crippen LogP contribution in [0.4, 0.5) is 10.1 Å². The highest BCUT2D eigenvalue weighted by Gasteiger charge is 2.28. The Hall–Kier alpha value is -3.10. The van der Waals surface area contributed by atoms with Crippen molar-refractivity contribution in [3.8, 4) is 16.9 Å². The molecule has 0 aromatic heterocycles. The Labute approximate surface area is 184 Å². The molecule has 1 aliphatic rings. The molecule has 3 aromatic carbocycles. The quantitative estimate of drug-likeness (QED) is 0.589. The van der Waals surface area contributed by atoms with E-state index in [0.717, 1.165) is 11.3 Å². The second kappa shape index (κ2) is 8.56. The van der Waals surface area contributed by atoms with Crippen molar-refractivity contribution in [2.24, 2.45) is 4.40 Å². The van der Waals surface area contributed by atoms with Gasteiger partial charge in [-0.2, -0.15) is 8.42 Å². The number of nitrogens with zero attached hydrogens (tertiary/aromatic N) is 1. The molecule has 160 valence electrons. The molecule has 1 heterocycles. The van der Waals surface area contributed by atoms with Crippen molar-refractivity contribution >= 4 is 33.3 Å². The normalized spacial score (nSPS) is 14.2. The Morgan fingerprint density at radius 2 is 1.84 bits per heavy atom. The summed E-state index contributed by atoms with van der Waals surface area (Å²) >= 11 is 6.15. The predicted molar refractivity (Wildman–Crippen MR) is 120 cm³/mol. The van der Waals surface area contributed by atoms with Gasteiger partial charge < -0.3 is 15.4 Å². The molecule has 0 saturated carbocycles. The number of hydrogen-bond donors (Lipinski definition) is 2. The van der Waals surface area contributed by atoms with Crippen molar-refractivity contribution in [1.29, 1.82) is 0 Å². The Morgan fingerprint density at radius 1 is 1.10 bits per heavy atom. The van der Waals surface area contributed by atoms with Gasteiger partial charge in [-0.25, -0.2) is 4.39 Å². The van der Waals surface area contributed by atoms with E-state index in [0.29, 0.717) is 29.8 Å². The van der Waals surface area contributed by atoms with Crippen molar-refractivity contribution in [1.82, 2.24) is 5.32 Å². The van der Waals surface area contributed by atoms with Gasteiger partial charge in [-0.3, -0.25) is 0 Å². The van der Waals surface area contributed by atoms with E-state index >= 15 is 0 Å². The van der Waals surface area contributed by atoms with Crippen LogP contribution in [0.25, 0.3) is 11.1 Å². The van der Waals surface area contributed by atoms with Gasteiger partial charge in [0.25, 0.3) is 10.0 Å². The summed E-state index contributed by atoms with van der Waals surface area (Å²) in [5.41, 5.74) is 2.18. The van der Waals surface area contributed by atoms with Gasteiger partial charge in [0, 0.05) is 17.7 Å². The second-order valence-corrected chi connectivity index (χ2v) is 8.80. The summed E-state index contributed by atoms with van der Waals surface area (Å²) in [6.45, 7) is 0.437. The first kappa shape index (κ1) is 21.1. The van der Waals surface area contributed by atoms with Crippen LogP contribution >= 0.6 is 11.6 Å². The minimum atomic E-state index is -3.94. The molecule has 0 amide bonds. The fourth-order valence-corrected chi connectivity index (χ4v) is 4.70. The van der Waals surface area contributed by atoms with Crippen molar-refractivity contribution in [2.75, 3.05) is 19.0 Å². The standard InChI is InChI=1S/C22H19ClFN3O3S/c1-30-15-6-2-5-14(13-15)11-12-25-22-26-21-17(16-7-3-9-18(24)20(16)23)8-4-10-19(21)31(28,29)27-22/h2-10,13H,11-12H2,1H3,(H2,25,26,27). The Morgan fingerprint density at radius 3 is 2.65 bits per heavy atom. The lowest BCUT2D eigenvalue weighted by Gasteiger charge is -2.22. The number of hydrogen-bond acceptors (Lipinski definition) is 5. The van der Waals surface area contributed by atoms with Gasteiger partial charge in [0.2, 0.25) is 5.96 Å². The number of methoxy groups -OCH3 is 1. The lowest BCUT2D eigenvalue weighted by Crippen LogP contribution is -2.36. The average Bonchev–Trinajstić information content (AvgIpc) is 2.75. The molecule has 0 aliphatic carbocycles. The molecule has 2 N–H and O–H groups in total. The van der Waals surface area contributed by atoms with Gasteiger partial charge in [0.15, 0.2) is 0 Å². The molecule has 0 bridgehead atoms. The molecule has 31 heavy (non-hydrogen) atoms. The molecule has 0 atom stereocenters. The highest BCUT2D eigenvalue weighted by Crippen LogP contribution is 2.39. The van der Waals surface area contributed by atoms with Crippen LogP contribution in [0.2, 0.25) is 5.02 Å². The number of benzene rings is 3. The molecule has 0 unspecified atom stereocenters. The number of fused-ring (bicyclic) bond motifs is 1. The van der Waals surface area contributed by atoms with E-state index in [2.05, 4.69) is 15.0 Å². The minimum absolute atomic E-state index is 0.00340. The molecule has 9 heteroatoms. The van der Waals surface area contributed by atoms with Gasteiger partial charge in [0.1, 0.15) is 16.5 Å². The van der Waals surface area contributed by atoms with E-state index in [-0.39, 0.29) is 15.9 Å². The number of nitrogens with one attached hydrogen (secondary N) is 2. The van der Waals surface area contributed by atoms with E-state index in [4.69, 9.17) is 16.3 Å². The third-order valence-electron chi connectivity index (χ3n) is 4.84. The third-order valence-corrected chi connectivity index (χ3v) is 6.54. The Bertz CT molecular complexity index is 1280. The SMILES string of the molecule is COc1cccc(CCNC2=NS(=O)(=O)c3cccc(-c4cccc(F)c4Cl)c3N2)c1. The van der Waals surface area contributed by atoms with Crippen LogP contribution in [0.15, 0.2) is 70.0 Å². The zero-order valence-electron chi connectivity index (χ0n) is 16.5. The second-order valence-electron chi connectivity index (χ2n) is 6.85. The Kier molecular flexibility index (Phi) is 5.84. The lowest BCUT2D eigenvalue weighted by molar-refractivity contribution is 0.414. The number of ether oxygens (including phenoxy) is 1. The first-order valence-electron chi connectivity index (χ1n) is 9.45. The van der Waals surface area contributed by atoms with Crippen LogP contribution in [0.3, 0.4) is 0 Å². The first-order valence-corrected chi connectivity index (χ1v) is 11.3. The zero-order valence-corrected chi connectivity index (χ0v) is 18.1. The number of sulfonamides is 1. The molecule has 0 radical (unpaired) electrons. The molecule has 0 spiro atoms. The molecule has 4 rings (SSSR count). The maximum absolute atomic E-state index is 14.0. The summed E-state index contributed by atoms with van der Waals surface area (Å²) in [4.78, 5) is 0.00340. The molecule has 3 aromatic rings. The summed E-state index contributed by atoms with van der Waals surface area (Å²) in [7, 11) is -2.34. The van der Waals surface area contributed by atoms with Crippen molar-refractivity contribution in [3.05, 3.63) is 77.1 Å². The fourth-order valence-electron chi connectivity index (χ4n) is 3.35. The van der Waals surface area contributed by atoms with Crippen LogP contribution in [0, 0.1) is 5.82 Å². The summed E-state index contributed by atoms with van der Waals surface area (Å²) in [5.74, 6) is 0.259. The smallest absolute Gasteiger partial charge is 0.287 e. The molecular weight excluding hydrogens is 441 g/mol. The maximum atomic E-state index is 14.0. The maximum Gasteiger partial charge on any atom is 0.287 e. The number of para-hydroxylation sites is 1. The van der Waals surface area contributed by atoms with E-state index in [1.54, 1.807) is 25.3 Å². The summed E-state index contributed by atoms with van der Waals surface area (Å²) < 4.78 is 48.5. The highest BCUT2D eigenvalue weighted by atomic mass is 35.5. The van der Waals surface area contributed by atoms with Crippen LogP contribution < -0.4 is 15.4 Å². The third kappa shape index (κ3) is 4.35. The number of guanidine groups is 1. The van der Waals surface area contributed by atoms with Crippen molar-refractivity contribution in [3.63, 3.8) is 0 Å². The number of anilines is 1.